The molecular weight excluding hydrogens is 138 g/mol. The first-order chi connectivity index (χ1) is 4.27. The summed E-state index contributed by atoms with van der Waals surface area (Å²) in [5, 5.41) is 3.34. The van der Waals surface area contributed by atoms with E-state index in [-0.39, 0.29) is 5.38 Å². The molecule has 0 aliphatic rings. The van der Waals surface area contributed by atoms with Crippen LogP contribution in [0.1, 0.15) is 6.92 Å². The van der Waals surface area contributed by atoms with Gasteiger partial charge in [-0.1, -0.05) is 0 Å². The molecule has 0 aliphatic heterocycles. The Labute approximate surface area is 61.5 Å². The van der Waals surface area contributed by atoms with Gasteiger partial charge in [0.05, 0.1) is 6.61 Å². The summed E-state index contributed by atoms with van der Waals surface area (Å²) in [5.74, 6) is 0. The van der Waals surface area contributed by atoms with E-state index in [0.717, 1.165) is 19.7 Å². The summed E-state index contributed by atoms with van der Waals surface area (Å²) in [6, 6.07) is 0. The topological polar surface area (TPSA) is 21.3 Å². The molecule has 0 bridgehead atoms. The smallest absolute Gasteiger partial charge is 0.0587 e. The summed E-state index contributed by atoms with van der Waals surface area (Å²) >= 11 is 5.65. The van der Waals surface area contributed by atoms with Crippen molar-refractivity contribution in [3.63, 3.8) is 0 Å². The molecule has 0 heterocycles. The molecule has 0 radical (unpaired) electrons. The molecule has 9 heavy (non-hydrogen) atoms. The van der Waals surface area contributed by atoms with Gasteiger partial charge >= 0.3 is 0 Å². The minimum atomic E-state index is 0.210. The Bertz CT molecular complexity index is 59.0. The maximum atomic E-state index is 5.65. The summed E-state index contributed by atoms with van der Waals surface area (Å²) in [6.07, 6.45) is 0. The molecule has 0 saturated carbocycles. The van der Waals surface area contributed by atoms with E-state index in [0.29, 0.717) is 0 Å². The van der Waals surface area contributed by atoms with Gasteiger partial charge < -0.3 is 10.1 Å². The second kappa shape index (κ2) is 6.33. The number of alkyl halides is 1. The summed E-state index contributed by atoms with van der Waals surface area (Å²) in [6.45, 7) is 4.45. The molecule has 56 valence electrons. The van der Waals surface area contributed by atoms with E-state index in [1.165, 1.54) is 0 Å². The van der Waals surface area contributed by atoms with E-state index < -0.39 is 0 Å². The third-order valence-electron chi connectivity index (χ3n) is 0.909. The van der Waals surface area contributed by atoms with Gasteiger partial charge in [0.25, 0.3) is 0 Å². The van der Waals surface area contributed by atoms with Crippen molar-refractivity contribution in [2.45, 2.75) is 12.3 Å². The lowest BCUT2D eigenvalue weighted by atomic mass is 10.5. The van der Waals surface area contributed by atoms with Crippen LogP contribution in [-0.4, -0.2) is 32.2 Å². The highest BCUT2D eigenvalue weighted by molar-refractivity contribution is 6.20. The first kappa shape index (κ1) is 9.21. The second-order valence-electron chi connectivity index (χ2n) is 1.98. The van der Waals surface area contributed by atoms with Crippen molar-refractivity contribution >= 4 is 11.6 Å². The molecular formula is C6H14ClNO. The highest BCUT2D eigenvalue weighted by Gasteiger charge is 1.92. The van der Waals surface area contributed by atoms with Crippen LogP contribution >= 0.6 is 11.6 Å². The quantitative estimate of drug-likeness (QED) is 0.465. The highest BCUT2D eigenvalue weighted by atomic mass is 35.5. The predicted octanol–water partition coefficient (Wildman–Crippen LogP) is 0.850. The molecule has 3 heteroatoms. The molecule has 1 N–H and O–H groups in total. The first-order valence-electron chi connectivity index (χ1n) is 3.11. The summed E-state index contributed by atoms with van der Waals surface area (Å²) in [7, 11) is 1.69. The Hall–Kier alpha value is 0.210. The number of nitrogens with one attached hydrogen (secondary N) is 1. The SMILES string of the molecule is COCCNCC(C)Cl. The van der Waals surface area contributed by atoms with Crippen LogP contribution in [0.2, 0.25) is 0 Å². The van der Waals surface area contributed by atoms with Gasteiger partial charge in [-0.3, -0.25) is 0 Å². The van der Waals surface area contributed by atoms with E-state index in [2.05, 4.69) is 5.32 Å². The number of methoxy groups -OCH3 is 1. The van der Waals surface area contributed by atoms with Crippen molar-refractivity contribution in [2.75, 3.05) is 26.8 Å². The largest absolute Gasteiger partial charge is 0.383 e. The molecule has 2 nitrogen and oxygen atoms in total. The Morgan fingerprint density at radius 2 is 2.33 bits per heavy atom. The highest BCUT2D eigenvalue weighted by Crippen LogP contribution is 1.88. The van der Waals surface area contributed by atoms with Crippen LogP contribution in [-0.2, 0) is 4.74 Å². The van der Waals surface area contributed by atoms with Gasteiger partial charge in [-0.25, -0.2) is 0 Å². The Kier molecular flexibility index (Phi) is 6.48. The Balaban J connectivity index is 2.75. The van der Waals surface area contributed by atoms with Crippen molar-refractivity contribution < 1.29 is 4.74 Å². The zero-order valence-corrected chi connectivity index (χ0v) is 6.74. The van der Waals surface area contributed by atoms with E-state index in [9.17, 15) is 0 Å². The van der Waals surface area contributed by atoms with Gasteiger partial charge in [0.15, 0.2) is 0 Å². The van der Waals surface area contributed by atoms with Gasteiger partial charge in [-0.15, -0.1) is 11.6 Å². The van der Waals surface area contributed by atoms with Gasteiger partial charge in [0, 0.05) is 25.6 Å². The third-order valence-corrected chi connectivity index (χ3v) is 1.06. The van der Waals surface area contributed by atoms with Crippen LogP contribution in [0.3, 0.4) is 0 Å². The molecule has 0 aliphatic carbocycles. The molecule has 1 unspecified atom stereocenters. The van der Waals surface area contributed by atoms with Crippen molar-refractivity contribution in [2.24, 2.45) is 0 Å². The van der Waals surface area contributed by atoms with Crippen molar-refractivity contribution in [1.82, 2.24) is 5.32 Å². The molecule has 0 aromatic heterocycles. The van der Waals surface area contributed by atoms with Gasteiger partial charge in [0.2, 0.25) is 0 Å². The minimum absolute atomic E-state index is 0.210. The maximum absolute atomic E-state index is 5.65. The molecule has 0 aromatic carbocycles. The fourth-order valence-electron chi connectivity index (χ4n) is 0.475. The Morgan fingerprint density at radius 1 is 1.67 bits per heavy atom. The standard InChI is InChI=1S/C6H14ClNO/c1-6(7)5-8-3-4-9-2/h6,8H,3-5H2,1-2H3. The summed E-state index contributed by atoms with van der Waals surface area (Å²) < 4.78 is 4.82. The number of halogens is 1. The zero-order chi connectivity index (χ0) is 7.11. The molecule has 0 amide bonds. The first-order valence-corrected chi connectivity index (χ1v) is 3.54. The normalized spacial score (nSPS) is 13.7. The van der Waals surface area contributed by atoms with Crippen molar-refractivity contribution in [3.8, 4) is 0 Å². The van der Waals surface area contributed by atoms with Crippen LogP contribution < -0.4 is 5.32 Å². The zero-order valence-electron chi connectivity index (χ0n) is 5.98. The number of hydrogen-bond donors (Lipinski definition) is 1. The molecule has 0 saturated heterocycles. The lowest BCUT2D eigenvalue weighted by molar-refractivity contribution is 0.199. The monoisotopic (exact) mass is 151 g/mol. The molecule has 0 spiro atoms. The molecule has 0 rings (SSSR count). The van der Waals surface area contributed by atoms with Crippen LogP contribution in [0.25, 0.3) is 0 Å². The second-order valence-corrected chi connectivity index (χ2v) is 2.72. The number of ether oxygens (including phenoxy) is 1. The van der Waals surface area contributed by atoms with Crippen LogP contribution in [0.5, 0.6) is 0 Å². The lowest BCUT2D eigenvalue weighted by Gasteiger charge is -2.03. The van der Waals surface area contributed by atoms with E-state index in [4.69, 9.17) is 16.3 Å². The summed E-state index contributed by atoms with van der Waals surface area (Å²) in [4.78, 5) is 0. The minimum Gasteiger partial charge on any atom is -0.383 e. The fraction of sp³-hybridized carbons (Fsp3) is 1.00. The molecule has 1 atom stereocenters. The van der Waals surface area contributed by atoms with Crippen molar-refractivity contribution in [3.05, 3.63) is 0 Å². The van der Waals surface area contributed by atoms with Gasteiger partial charge in [0.1, 0.15) is 0 Å². The van der Waals surface area contributed by atoms with Crippen molar-refractivity contribution in [1.29, 1.82) is 0 Å². The lowest BCUT2D eigenvalue weighted by Crippen LogP contribution is -2.24. The number of rotatable bonds is 5. The van der Waals surface area contributed by atoms with Gasteiger partial charge in [-0.2, -0.15) is 0 Å². The van der Waals surface area contributed by atoms with Crippen LogP contribution in [0, 0.1) is 0 Å². The van der Waals surface area contributed by atoms with Crippen LogP contribution in [0.15, 0.2) is 0 Å². The Morgan fingerprint density at radius 3 is 2.78 bits per heavy atom. The average Bonchev–Trinajstić information content (AvgIpc) is 1.80. The van der Waals surface area contributed by atoms with E-state index in [1.54, 1.807) is 7.11 Å². The number of hydrogen-bond acceptors (Lipinski definition) is 2. The van der Waals surface area contributed by atoms with E-state index in [1.807, 2.05) is 6.92 Å². The fourth-order valence-corrected chi connectivity index (χ4v) is 0.584. The maximum Gasteiger partial charge on any atom is 0.0587 e. The van der Waals surface area contributed by atoms with E-state index >= 15 is 0 Å². The third kappa shape index (κ3) is 8.21. The molecule has 0 fully saturated rings. The average molecular weight is 152 g/mol. The summed E-state index contributed by atoms with van der Waals surface area (Å²) in [5.41, 5.74) is 0. The van der Waals surface area contributed by atoms with Crippen LogP contribution in [0.4, 0.5) is 0 Å². The van der Waals surface area contributed by atoms with Gasteiger partial charge in [-0.05, 0) is 6.92 Å². The predicted molar refractivity (Wildman–Crippen MR) is 40.1 cm³/mol. The molecule has 0 aromatic rings.